The van der Waals surface area contributed by atoms with Crippen LogP contribution in [-0.4, -0.2) is 30.6 Å². The highest BCUT2D eigenvalue weighted by Crippen LogP contribution is 2.34. The van der Waals surface area contributed by atoms with Crippen molar-refractivity contribution in [3.8, 4) is 5.75 Å². The van der Waals surface area contributed by atoms with E-state index >= 15 is 0 Å². The number of benzene rings is 1. The van der Waals surface area contributed by atoms with Crippen LogP contribution in [0.4, 0.5) is 5.69 Å². The van der Waals surface area contributed by atoms with Gasteiger partial charge in [-0.05, 0) is 19.1 Å². The minimum Gasteiger partial charge on any atom is -0.496 e. The fraction of sp³-hybridized carbons (Fsp3) is 0.385. The predicted molar refractivity (Wildman–Crippen MR) is 68.6 cm³/mol. The van der Waals surface area contributed by atoms with Gasteiger partial charge < -0.3 is 19.0 Å². The van der Waals surface area contributed by atoms with E-state index in [0.29, 0.717) is 33.8 Å². The van der Waals surface area contributed by atoms with Gasteiger partial charge in [0, 0.05) is 21.7 Å². The summed E-state index contributed by atoms with van der Waals surface area (Å²) in [6.07, 6.45) is -1.15. The Morgan fingerprint density at radius 2 is 2.16 bits per heavy atom. The fourth-order valence-electron chi connectivity index (χ4n) is 1.84. The molecule has 1 atom stereocenters. The number of rotatable bonds is 5. The van der Waals surface area contributed by atoms with E-state index in [9.17, 15) is 10.0 Å². The third-order valence-corrected chi connectivity index (χ3v) is 2.73. The Balaban J connectivity index is 2.57. The molecule has 0 aliphatic heterocycles. The van der Waals surface area contributed by atoms with Gasteiger partial charge in [-0.25, -0.2) is 0 Å². The van der Waals surface area contributed by atoms with Gasteiger partial charge in [-0.3, -0.25) is 0 Å². The van der Waals surface area contributed by atoms with Crippen molar-refractivity contribution in [2.45, 2.75) is 13.2 Å². The second-order valence-electron chi connectivity index (χ2n) is 4.02. The molecule has 1 heterocycles. The average molecular weight is 266 g/mol. The first-order valence-corrected chi connectivity index (χ1v) is 5.88. The van der Waals surface area contributed by atoms with E-state index in [4.69, 9.17) is 13.9 Å². The highest BCUT2D eigenvalue weighted by Gasteiger charge is 2.22. The number of fused-ring (bicyclic) bond motifs is 1. The SMILES string of the molecule is CCOC(O)c1cc2cc(OC)cc([N+](C)=O)c2o1. The Kier molecular flexibility index (Phi) is 3.82. The molecule has 19 heavy (non-hydrogen) atoms. The molecule has 1 aromatic heterocycles. The molecule has 6 nitrogen and oxygen atoms in total. The predicted octanol–water partition coefficient (Wildman–Crippen LogP) is 2.51. The molecule has 0 aliphatic rings. The van der Waals surface area contributed by atoms with E-state index < -0.39 is 6.29 Å². The minimum atomic E-state index is -1.15. The lowest BCUT2D eigenvalue weighted by Crippen LogP contribution is -2.00. The minimum absolute atomic E-state index is 0.258. The quantitative estimate of drug-likeness (QED) is 0.665. The van der Waals surface area contributed by atoms with Crippen LogP contribution in [0.5, 0.6) is 5.75 Å². The van der Waals surface area contributed by atoms with Gasteiger partial charge in [-0.2, -0.15) is 0 Å². The second kappa shape index (κ2) is 5.38. The molecular formula is C13H16NO5+. The zero-order chi connectivity index (χ0) is 14.0. The van der Waals surface area contributed by atoms with Crippen molar-refractivity contribution in [1.82, 2.24) is 0 Å². The number of aliphatic hydroxyl groups is 1. The Morgan fingerprint density at radius 3 is 2.74 bits per heavy atom. The van der Waals surface area contributed by atoms with Crippen LogP contribution in [0.15, 0.2) is 22.6 Å². The molecule has 2 rings (SSSR count). The lowest BCUT2D eigenvalue weighted by Gasteiger charge is -2.05. The molecule has 1 N–H and O–H groups in total. The fourth-order valence-corrected chi connectivity index (χ4v) is 1.84. The van der Waals surface area contributed by atoms with Crippen LogP contribution in [0, 0.1) is 4.91 Å². The van der Waals surface area contributed by atoms with Gasteiger partial charge in [0.05, 0.1) is 13.2 Å². The molecule has 0 radical (unpaired) electrons. The monoisotopic (exact) mass is 266 g/mol. The van der Waals surface area contributed by atoms with Crippen molar-refractivity contribution in [1.29, 1.82) is 0 Å². The lowest BCUT2D eigenvalue weighted by molar-refractivity contribution is -0.427. The summed E-state index contributed by atoms with van der Waals surface area (Å²) in [6, 6.07) is 4.94. The molecule has 1 unspecified atom stereocenters. The number of hydrogen-bond acceptors (Lipinski definition) is 5. The molecule has 0 fully saturated rings. The maximum Gasteiger partial charge on any atom is 0.302 e. The van der Waals surface area contributed by atoms with Crippen molar-refractivity contribution in [3.63, 3.8) is 0 Å². The van der Waals surface area contributed by atoms with Gasteiger partial charge in [-0.1, -0.05) is 0 Å². The van der Waals surface area contributed by atoms with Crippen molar-refractivity contribution in [2.24, 2.45) is 0 Å². The molecule has 0 spiro atoms. The summed E-state index contributed by atoms with van der Waals surface area (Å²) in [4.78, 5) is 11.5. The number of methoxy groups -OCH3 is 1. The zero-order valence-corrected chi connectivity index (χ0v) is 11.0. The zero-order valence-electron chi connectivity index (χ0n) is 11.0. The highest BCUT2D eigenvalue weighted by molar-refractivity contribution is 5.88. The normalized spacial score (nSPS) is 12.6. The molecule has 0 amide bonds. The molecule has 2 aromatic rings. The van der Waals surface area contributed by atoms with E-state index in [-0.39, 0.29) is 5.76 Å². The standard InChI is InChI=1S/C13H16NO5/c1-4-18-13(15)11-6-8-5-9(17-3)7-10(14(2)16)12(8)19-11/h5-7,13,15H,4H2,1-3H3/q+1. The van der Waals surface area contributed by atoms with Gasteiger partial charge in [0.25, 0.3) is 0 Å². The van der Waals surface area contributed by atoms with Gasteiger partial charge in [0.15, 0.2) is 12.8 Å². The summed E-state index contributed by atoms with van der Waals surface area (Å²) in [5.41, 5.74) is 0.733. The molecule has 0 saturated carbocycles. The topological polar surface area (TPSA) is 71.9 Å². The smallest absolute Gasteiger partial charge is 0.302 e. The van der Waals surface area contributed by atoms with Gasteiger partial charge in [-0.15, -0.1) is 0 Å². The van der Waals surface area contributed by atoms with Crippen LogP contribution < -0.4 is 4.74 Å². The summed E-state index contributed by atoms with van der Waals surface area (Å²) in [6.45, 7) is 2.13. The third-order valence-electron chi connectivity index (χ3n) is 2.73. The average Bonchev–Trinajstić information content (AvgIpc) is 2.81. The molecular weight excluding hydrogens is 250 g/mol. The summed E-state index contributed by atoms with van der Waals surface area (Å²) in [5.74, 6) is 0.802. The van der Waals surface area contributed by atoms with Crippen molar-refractivity contribution < 1.29 is 23.8 Å². The first-order valence-electron chi connectivity index (χ1n) is 5.88. The molecule has 102 valence electrons. The number of hydrogen-bond donors (Lipinski definition) is 1. The first kappa shape index (κ1) is 13.5. The Hall–Kier alpha value is -1.92. The van der Waals surface area contributed by atoms with E-state index in [1.807, 2.05) is 0 Å². The van der Waals surface area contributed by atoms with Crippen molar-refractivity contribution in [2.75, 3.05) is 20.8 Å². The number of ether oxygens (including phenoxy) is 2. The highest BCUT2D eigenvalue weighted by atomic mass is 16.6. The van der Waals surface area contributed by atoms with Crippen LogP contribution in [0.1, 0.15) is 19.0 Å². The van der Waals surface area contributed by atoms with Crippen molar-refractivity contribution in [3.05, 3.63) is 28.9 Å². The number of nitroso groups, excluding NO2 is 1. The van der Waals surface area contributed by atoms with Crippen LogP contribution in [0.25, 0.3) is 11.0 Å². The number of nitrogens with zero attached hydrogens (tertiary/aromatic N) is 1. The van der Waals surface area contributed by atoms with Crippen LogP contribution in [-0.2, 0) is 4.74 Å². The Labute approximate surface area is 110 Å². The summed E-state index contributed by atoms with van der Waals surface area (Å²) in [7, 11) is 2.89. The first-order chi connectivity index (χ1) is 9.06. The summed E-state index contributed by atoms with van der Waals surface area (Å²) >= 11 is 0. The maximum absolute atomic E-state index is 11.5. The van der Waals surface area contributed by atoms with Crippen LogP contribution in [0.2, 0.25) is 0 Å². The van der Waals surface area contributed by atoms with E-state index in [1.165, 1.54) is 14.2 Å². The second-order valence-corrected chi connectivity index (χ2v) is 4.02. The van der Waals surface area contributed by atoms with Crippen LogP contribution >= 0.6 is 0 Å². The largest absolute Gasteiger partial charge is 0.496 e. The third kappa shape index (κ3) is 2.59. The van der Waals surface area contributed by atoms with Crippen molar-refractivity contribution >= 4 is 16.7 Å². The Bertz CT molecular complexity index is 604. The van der Waals surface area contributed by atoms with Gasteiger partial charge >= 0.3 is 5.69 Å². The van der Waals surface area contributed by atoms with E-state index in [1.54, 1.807) is 25.1 Å². The molecule has 0 bridgehead atoms. The summed E-state index contributed by atoms with van der Waals surface area (Å²) in [5, 5.41) is 10.4. The maximum atomic E-state index is 11.5. The molecule has 0 aliphatic carbocycles. The van der Waals surface area contributed by atoms with Crippen LogP contribution in [0.3, 0.4) is 0 Å². The van der Waals surface area contributed by atoms with E-state index in [0.717, 1.165) is 0 Å². The Morgan fingerprint density at radius 1 is 1.42 bits per heavy atom. The molecule has 0 saturated heterocycles. The molecule has 1 aromatic carbocycles. The molecule has 6 heteroatoms. The number of furan rings is 1. The number of aliphatic hydroxyl groups excluding tert-OH is 1. The summed E-state index contributed by atoms with van der Waals surface area (Å²) < 4.78 is 16.4. The lowest BCUT2D eigenvalue weighted by atomic mass is 10.2. The van der Waals surface area contributed by atoms with Gasteiger partial charge in [0.2, 0.25) is 11.9 Å². The van der Waals surface area contributed by atoms with E-state index in [2.05, 4.69) is 0 Å². The van der Waals surface area contributed by atoms with Gasteiger partial charge in [0.1, 0.15) is 5.75 Å².